The first-order valence-electron chi connectivity index (χ1n) is 6.98. The van der Waals surface area contributed by atoms with Gasteiger partial charge in [0.15, 0.2) is 0 Å². The minimum atomic E-state index is -1.05. The van der Waals surface area contributed by atoms with Crippen LogP contribution in [0.1, 0.15) is 42.7 Å². The molecule has 0 unspecified atom stereocenters. The Kier molecular flexibility index (Phi) is 4.92. The Morgan fingerprint density at radius 2 is 2.05 bits per heavy atom. The highest BCUT2D eigenvalue weighted by molar-refractivity contribution is 7.99. The number of carbonyl (C=O) groups is 2. The van der Waals surface area contributed by atoms with E-state index in [1.54, 1.807) is 0 Å². The summed E-state index contributed by atoms with van der Waals surface area (Å²) in [4.78, 5) is 23.3. The van der Waals surface area contributed by atoms with Crippen molar-refractivity contribution in [3.05, 3.63) is 17.0 Å². The Morgan fingerprint density at radius 3 is 2.57 bits per heavy atom. The molecule has 1 saturated carbocycles. The molecule has 0 aromatic carbocycles. The molecule has 0 spiro atoms. The van der Waals surface area contributed by atoms with Crippen molar-refractivity contribution < 1.29 is 19.2 Å². The molecular weight excluding hydrogens is 292 g/mol. The van der Waals surface area contributed by atoms with Crippen LogP contribution < -0.4 is 5.32 Å². The Hall–Kier alpha value is -1.50. The van der Waals surface area contributed by atoms with Gasteiger partial charge in [-0.1, -0.05) is 18.0 Å². The third-order valence-corrected chi connectivity index (χ3v) is 4.87. The number of rotatable bonds is 6. The average Bonchev–Trinajstić information content (AvgIpc) is 3.01. The van der Waals surface area contributed by atoms with Crippen molar-refractivity contribution >= 4 is 23.6 Å². The maximum absolute atomic E-state index is 12.0. The third kappa shape index (κ3) is 3.58. The molecule has 116 valence electrons. The van der Waals surface area contributed by atoms with Gasteiger partial charge in [0.25, 0.3) is 0 Å². The van der Waals surface area contributed by atoms with Crippen LogP contribution in [-0.2, 0) is 15.3 Å². The monoisotopic (exact) mass is 312 g/mol. The first-order valence-corrected chi connectivity index (χ1v) is 8.14. The highest BCUT2D eigenvalue weighted by Crippen LogP contribution is 2.30. The summed E-state index contributed by atoms with van der Waals surface area (Å²) in [6, 6.07) is 0. The molecule has 1 aliphatic rings. The lowest BCUT2D eigenvalue weighted by Crippen LogP contribution is -2.53. The van der Waals surface area contributed by atoms with E-state index in [-0.39, 0.29) is 11.7 Å². The van der Waals surface area contributed by atoms with Gasteiger partial charge in [-0.15, -0.1) is 11.8 Å². The summed E-state index contributed by atoms with van der Waals surface area (Å²) in [6.45, 7) is 3.71. The SMILES string of the molecule is Cc1noc(C)c1CSCC(=O)NC1(C(=O)O)CCCC1. The van der Waals surface area contributed by atoms with E-state index >= 15 is 0 Å². The van der Waals surface area contributed by atoms with E-state index < -0.39 is 11.5 Å². The van der Waals surface area contributed by atoms with Crippen molar-refractivity contribution in [3.8, 4) is 0 Å². The minimum Gasteiger partial charge on any atom is -0.480 e. The molecule has 1 fully saturated rings. The average molecular weight is 312 g/mol. The number of aryl methyl sites for hydroxylation is 2. The van der Waals surface area contributed by atoms with E-state index in [2.05, 4.69) is 10.5 Å². The van der Waals surface area contributed by atoms with E-state index in [4.69, 9.17) is 4.52 Å². The van der Waals surface area contributed by atoms with Crippen molar-refractivity contribution in [2.45, 2.75) is 50.8 Å². The second-order valence-electron chi connectivity index (χ2n) is 5.44. The number of thioether (sulfide) groups is 1. The summed E-state index contributed by atoms with van der Waals surface area (Å²) in [6.07, 6.45) is 2.73. The molecule has 0 atom stereocenters. The number of nitrogens with one attached hydrogen (secondary N) is 1. The van der Waals surface area contributed by atoms with Gasteiger partial charge in [0, 0.05) is 11.3 Å². The molecule has 6 nitrogen and oxygen atoms in total. The second kappa shape index (κ2) is 6.51. The smallest absolute Gasteiger partial charge is 0.329 e. The molecule has 2 N–H and O–H groups in total. The molecular formula is C14H20N2O4S. The van der Waals surface area contributed by atoms with Gasteiger partial charge >= 0.3 is 5.97 Å². The molecule has 7 heteroatoms. The number of amides is 1. The van der Waals surface area contributed by atoms with Crippen LogP contribution >= 0.6 is 11.8 Å². The van der Waals surface area contributed by atoms with Crippen LogP contribution in [0.4, 0.5) is 0 Å². The van der Waals surface area contributed by atoms with Gasteiger partial charge in [0.1, 0.15) is 11.3 Å². The lowest BCUT2D eigenvalue weighted by atomic mass is 9.98. The number of hydrogen-bond donors (Lipinski definition) is 2. The number of aromatic nitrogens is 1. The van der Waals surface area contributed by atoms with E-state index in [9.17, 15) is 14.7 Å². The van der Waals surface area contributed by atoms with Gasteiger partial charge in [-0.2, -0.15) is 0 Å². The fourth-order valence-electron chi connectivity index (χ4n) is 2.63. The molecule has 1 aromatic heterocycles. The van der Waals surface area contributed by atoms with E-state index in [1.165, 1.54) is 11.8 Å². The number of carbonyl (C=O) groups excluding carboxylic acids is 1. The second-order valence-corrected chi connectivity index (χ2v) is 6.42. The number of aliphatic carboxylic acids is 1. The Bertz CT molecular complexity index is 516. The maximum Gasteiger partial charge on any atom is 0.329 e. The summed E-state index contributed by atoms with van der Waals surface area (Å²) in [5, 5.41) is 15.9. The van der Waals surface area contributed by atoms with E-state index in [0.29, 0.717) is 18.6 Å². The molecule has 1 heterocycles. The quantitative estimate of drug-likeness (QED) is 0.835. The molecule has 0 bridgehead atoms. The molecule has 0 aliphatic heterocycles. The molecule has 1 aromatic rings. The Labute approximate surface area is 127 Å². The van der Waals surface area contributed by atoms with E-state index in [0.717, 1.165) is 29.9 Å². The Balaban J connectivity index is 1.84. The van der Waals surface area contributed by atoms with E-state index in [1.807, 2.05) is 13.8 Å². The highest BCUT2D eigenvalue weighted by atomic mass is 32.2. The number of carboxylic acids is 1. The molecule has 1 aliphatic carbocycles. The summed E-state index contributed by atoms with van der Waals surface area (Å²) in [5.41, 5.74) is 0.778. The van der Waals surface area contributed by atoms with Gasteiger partial charge in [-0.3, -0.25) is 4.79 Å². The predicted octanol–water partition coefficient (Wildman–Crippen LogP) is 2.04. The lowest BCUT2D eigenvalue weighted by Gasteiger charge is -2.25. The van der Waals surface area contributed by atoms with Crippen molar-refractivity contribution in [2.75, 3.05) is 5.75 Å². The zero-order valence-electron chi connectivity index (χ0n) is 12.3. The largest absolute Gasteiger partial charge is 0.480 e. The van der Waals surface area contributed by atoms with Crippen LogP contribution in [0, 0.1) is 13.8 Å². The summed E-state index contributed by atoms with van der Waals surface area (Å²) in [5.74, 6) is 0.478. The first-order chi connectivity index (χ1) is 9.94. The normalized spacial score (nSPS) is 16.9. The molecule has 1 amide bonds. The zero-order valence-corrected chi connectivity index (χ0v) is 13.1. The van der Waals surface area contributed by atoms with Crippen LogP contribution in [0.3, 0.4) is 0 Å². The molecule has 0 radical (unpaired) electrons. The Morgan fingerprint density at radius 1 is 1.38 bits per heavy atom. The van der Waals surface area contributed by atoms with Crippen molar-refractivity contribution in [1.82, 2.24) is 10.5 Å². The fourth-order valence-corrected chi connectivity index (χ4v) is 3.60. The number of carboxylic acid groups (broad SMARTS) is 1. The van der Waals surface area contributed by atoms with Crippen LogP contribution in [-0.4, -0.2) is 33.4 Å². The fraction of sp³-hybridized carbons (Fsp3) is 0.643. The van der Waals surface area contributed by atoms with Crippen molar-refractivity contribution in [1.29, 1.82) is 0 Å². The maximum atomic E-state index is 12.0. The summed E-state index contributed by atoms with van der Waals surface area (Å²) < 4.78 is 5.07. The summed E-state index contributed by atoms with van der Waals surface area (Å²) in [7, 11) is 0. The first kappa shape index (κ1) is 15.9. The topological polar surface area (TPSA) is 92.4 Å². The molecule has 2 rings (SSSR count). The van der Waals surface area contributed by atoms with Crippen LogP contribution in [0.15, 0.2) is 4.52 Å². The van der Waals surface area contributed by atoms with Gasteiger partial charge in [-0.05, 0) is 26.7 Å². The van der Waals surface area contributed by atoms with Gasteiger partial charge in [0.2, 0.25) is 5.91 Å². The van der Waals surface area contributed by atoms with Crippen molar-refractivity contribution in [2.24, 2.45) is 0 Å². The minimum absolute atomic E-state index is 0.226. The molecule has 0 saturated heterocycles. The lowest BCUT2D eigenvalue weighted by molar-refractivity contribution is -0.147. The van der Waals surface area contributed by atoms with Gasteiger partial charge in [-0.25, -0.2) is 4.79 Å². The van der Waals surface area contributed by atoms with Crippen LogP contribution in [0.2, 0.25) is 0 Å². The standard InChI is InChI=1S/C14H20N2O4S/c1-9-11(10(2)20-16-9)7-21-8-12(17)15-14(13(18)19)5-3-4-6-14/h3-8H2,1-2H3,(H,15,17)(H,18,19). The predicted molar refractivity (Wildman–Crippen MR) is 79.1 cm³/mol. The third-order valence-electron chi connectivity index (χ3n) is 3.91. The summed E-state index contributed by atoms with van der Waals surface area (Å²) >= 11 is 1.44. The van der Waals surface area contributed by atoms with Crippen molar-refractivity contribution in [3.63, 3.8) is 0 Å². The highest BCUT2D eigenvalue weighted by Gasteiger charge is 2.42. The zero-order chi connectivity index (χ0) is 15.5. The van der Waals surface area contributed by atoms with Gasteiger partial charge in [0.05, 0.1) is 11.4 Å². The van der Waals surface area contributed by atoms with Crippen LogP contribution in [0.5, 0.6) is 0 Å². The van der Waals surface area contributed by atoms with Crippen LogP contribution in [0.25, 0.3) is 0 Å². The molecule has 21 heavy (non-hydrogen) atoms. The number of nitrogens with zero attached hydrogens (tertiary/aromatic N) is 1. The number of hydrogen-bond acceptors (Lipinski definition) is 5. The van der Waals surface area contributed by atoms with Gasteiger partial charge < -0.3 is 14.9 Å².